The normalized spacial score (nSPS) is 17.2. The van der Waals surface area contributed by atoms with Crippen LogP contribution < -0.4 is 4.74 Å². The minimum Gasteiger partial charge on any atom is -0.493 e. The minimum absolute atomic E-state index is 0.188. The van der Waals surface area contributed by atoms with E-state index in [1.807, 2.05) is 54.6 Å². The van der Waals surface area contributed by atoms with E-state index in [9.17, 15) is 4.79 Å². The lowest BCUT2D eigenvalue weighted by molar-refractivity contribution is 0.132. The zero-order valence-electron chi connectivity index (χ0n) is 14.1. The summed E-state index contributed by atoms with van der Waals surface area (Å²) in [6.45, 7) is 6.07. The standard InChI is InChI=1S/C20H23NO3/c1-15(2)14-23-18-10-8-16(9-11-18)12-21-13-19(24-20(21)22)17-6-4-3-5-7-17/h3-11,15,19H,12-14H2,1-2H3. The number of cyclic esters (lactones) is 1. The van der Waals surface area contributed by atoms with E-state index in [1.165, 1.54) is 0 Å². The lowest BCUT2D eigenvalue weighted by atomic mass is 10.1. The highest BCUT2D eigenvalue weighted by Crippen LogP contribution is 2.27. The van der Waals surface area contributed by atoms with Gasteiger partial charge in [0.1, 0.15) is 11.9 Å². The Labute approximate surface area is 143 Å². The second kappa shape index (κ2) is 7.39. The molecule has 0 aliphatic carbocycles. The molecule has 1 heterocycles. The van der Waals surface area contributed by atoms with Crippen molar-refractivity contribution >= 4 is 6.09 Å². The van der Waals surface area contributed by atoms with Gasteiger partial charge in [-0.25, -0.2) is 4.79 Å². The maximum Gasteiger partial charge on any atom is 0.410 e. The van der Waals surface area contributed by atoms with Crippen LogP contribution in [0.3, 0.4) is 0 Å². The second-order valence-corrected chi connectivity index (χ2v) is 6.51. The summed E-state index contributed by atoms with van der Waals surface area (Å²) in [6.07, 6.45) is -0.448. The number of carbonyl (C=O) groups is 1. The van der Waals surface area contributed by atoms with Crippen LogP contribution in [-0.2, 0) is 11.3 Å². The summed E-state index contributed by atoms with van der Waals surface area (Å²) in [6, 6.07) is 17.8. The Kier molecular flexibility index (Phi) is 5.04. The Morgan fingerprint density at radius 2 is 1.83 bits per heavy atom. The van der Waals surface area contributed by atoms with Crippen molar-refractivity contribution < 1.29 is 14.3 Å². The maximum absolute atomic E-state index is 12.1. The molecule has 0 saturated carbocycles. The van der Waals surface area contributed by atoms with E-state index in [0.717, 1.165) is 16.9 Å². The summed E-state index contributed by atoms with van der Waals surface area (Å²) >= 11 is 0. The van der Waals surface area contributed by atoms with Crippen LogP contribution in [-0.4, -0.2) is 24.1 Å². The molecule has 4 heteroatoms. The Morgan fingerprint density at radius 3 is 2.50 bits per heavy atom. The van der Waals surface area contributed by atoms with E-state index in [4.69, 9.17) is 9.47 Å². The number of benzene rings is 2. The van der Waals surface area contributed by atoms with Crippen molar-refractivity contribution in [2.45, 2.75) is 26.5 Å². The maximum atomic E-state index is 12.1. The summed E-state index contributed by atoms with van der Waals surface area (Å²) < 4.78 is 11.2. The zero-order chi connectivity index (χ0) is 16.9. The van der Waals surface area contributed by atoms with Crippen LogP contribution in [0, 0.1) is 5.92 Å². The molecule has 126 valence electrons. The van der Waals surface area contributed by atoms with E-state index < -0.39 is 0 Å². The fourth-order valence-corrected chi connectivity index (χ4v) is 2.65. The first-order valence-electron chi connectivity index (χ1n) is 8.34. The van der Waals surface area contributed by atoms with Crippen LogP contribution in [0.4, 0.5) is 4.79 Å². The van der Waals surface area contributed by atoms with Crippen LogP contribution in [0.25, 0.3) is 0 Å². The van der Waals surface area contributed by atoms with Gasteiger partial charge in [0.2, 0.25) is 0 Å². The van der Waals surface area contributed by atoms with E-state index in [-0.39, 0.29) is 12.2 Å². The number of hydrogen-bond acceptors (Lipinski definition) is 3. The first-order valence-corrected chi connectivity index (χ1v) is 8.34. The largest absolute Gasteiger partial charge is 0.493 e. The molecular formula is C20H23NO3. The molecule has 0 N–H and O–H groups in total. The third kappa shape index (κ3) is 4.07. The molecule has 0 spiro atoms. The van der Waals surface area contributed by atoms with Crippen molar-refractivity contribution in [3.8, 4) is 5.75 Å². The Morgan fingerprint density at radius 1 is 1.12 bits per heavy atom. The summed E-state index contributed by atoms with van der Waals surface area (Å²) in [5.74, 6) is 1.36. The van der Waals surface area contributed by atoms with Gasteiger partial charge in [0, 0.05) is 6.54 Å². The van der Waals surface area contributed by atoms with Crippen LogP contribution in [0.5, 0.6) is 5.75 Å². The predicted octanol–water partition coefficient (Wildman–Crippen LogP) is 4.41. The van der Waals surface area contributed by atoms with Crippen molar-refractivity contribution in [1.29, 1.82) is 0 Å². The van der Waals surface area contributed by atoms with Gasteiger partial charge in [-0.2, -0.15) is 0 Å². The molecule has 0 radical (unpaired) electrons. The number of ether oxygens (including phenoxy) is 2. The molecule has 2 aromatic rings. The van der Waals surface area contributed by atoms with Crippen molar-refractivity contribution in [1.82, 2.24) is 4.90 Å². The number of rotatable bonds is 6. The van der Waals surface area contributed by atoms with Gasteiger partial charge in [-0.05, 0) is 29.2 Å². The zero-order valence-corrected chi connectivity index (χ0v) is 14.1. The monoisotopic (exact) mass is 325 g/mol. The minimum atomic E-state index is -0.260. The van der Waals surface area contributed by atoms with Crippen molar-refractivity contribution in [3.63, 3.8) is 0 Å². The number of nitrogens with zero attached hydrogens (tertiary/aromatic N) is 1. The molecule has 24 heavy (non-hydrogen) atoms. The lowest BCUT2D eigenvalue weighted by Gasteiger charge is -2.14. The van der Waals surface area contributed by atoms with Crippen molar-refractivity contribution in [2.75, 3.05) is 13.2 Å². The second-order valence-electron chi connectivity index (χ2n) is 6.51. The Hall–Kier alpha value is -2.49. The molecule has 1 aliphatic rings. The van der Waals surface area contributed by atoms with Gasteiger partial charge in [-0.3, -0.25) is 4.90 Å². The van der Waals surface area contributed by atoms with E-state index >= 15 is 0 Å². The number of carbonyl (C=O) groups excluding carboxylic acids is 1. The van der Waals surface area contributed by atoms with Gasteiger partial charge >= 0.3 is 6.09 Å². The Balaban J connectivity index is 1.59. The average Bonchev–Trinajstić information content (AvgIpc) is 2.96. The third-order valence-electron chi connectivity index (χ3n) is 3.94. The molecule has 1 fully saturated rings. The molecule has 1 unspecified atom stereocenters. The highest BCUT2D eigenvalue weighted by Gasteiger charge is 2.32. The highest BCUT2D eigenvalue weighted by atomic mass is 16.6. The van der Waals surface area contributed by atoms with E-state index in [1.54, 1.807) is 4.90 Å². The number of hydrogen-bond donors (Lipinski definition) is 0. The van der Waals surface area contributed by atoms with Crippen LogP contribution in [0.2, 0.25) is 0 Å². The molecule has 0 bridgehead atoms. The first kappa shape index (κ1) is 16.4. The smallest absolute Gasteiger partial charge is 0.410 e. The average molecular weight is 325 g/mol. The van der Waals surface area contributed by atoms with Gasteiger partial charge in [0.25, 0.3) is 0 Å². The van der Waals surface area contributed by atoms with Crippen molar-refractivity contribution in [3.05, 3.63) is 65.7 Å². The summed E-state index contributed by atoms with van der Waals surface area (Å²) in [4.78, 5) is 13.8. The molecule has 4 nitrogen and oxygen atoms in total. The summed E-state index contributed by atoms with van der Waals surface area (Å²) in [5.41, 5.74) is 2.10. The SMILES string of the molecule is CC(C)COc1ccc(CN2CC(c3ccccc3)OC2=O)cc1. The molecule has 1 atom stereocenters. The van der Waals surface area contributed by atoms with Crippen LogP contribution in [0.1, 0.15) is 31.1 Å². The molecule has 2 aromatic carbocycles. The molecular weight excluding hydrogens is 302 g/mol. The van der Waals surface area contributed by atoms with Gasteiger partial charge < -0.3 is 9.47 Å². The van der Waals surface area contributed by atoms with E-state index in [0.29, 0.717) is 25.6 Å². The molecule has 0 aromatic heterocycles. The fourth-order valence-electron chi connectivity index (χ4n) is 2.65. The van der Waals surface area contributed by atoms with E-state index in [2.05, 4.69) is 13.8 Å². The molecule has 3 rings (SSSR count). The number of amides is 1. The van der Waals surface area contributed by atoms with Gasteiger partial charge in [0.05, 0.1) is 13.2 Å². The first-order chi connectivity index (χ1) is 11.6. The summed E-state index contributed by atoms with van der Waals surface area (Å²) in [5, 5.41) is 0. The van der Waals surface area contributed by atoms with Gasteiger partial charge in [-0.1, -0.05) is 56.3 Å². The highest BCUT2D eigenvalue weighted by molar-refractivity contribution is 5.70. The fraction of sp³-hybridized carbons (Fsp3) is 0.350. The van der Waals surface area contributed by atoms with Crippen LogP contribution in [0.15, 0.2) is 54.6 Å². The Bertz CT molecular complexity index is 667. The summed E-state index contributed by atoms with van der Waals surface area (Å²) in [7, 11) is 0. The van der Waals surface area contributed by atoms with Gasteiger partial charge in [-0.15, -0.1) is 0 Å². The third-order valence-corrected chi connectivity index (χ3v) is 3.94. The molecule has 1 aliphatic heterocycles. The quantitative estimate of drug-likeness (QED) is 0.789. The van der Waals surface area contributed by atoms with Gasteiger partial charge in [0.15, 0.2) is 0 Å². The molecule has 1 amide bonds. The van der Waals surface area contributed by atoms with Crippen molar-refractivity contribution in [2.24, 2.45) is 5.92 Å². The molecule has 1 saturated heterocycles. The predicted molar refractivity (Wildman–Crippen MR) is 92.8 cm³/mol. The lowest BCUT2D eigenvalue weighted by Crippen LogP contribution is -2.23. The van der Waals surface area contributed by atoms with Crippen LogP contribution >= 0.6 is 0 Å². The topological polar surface area (TPSA) is 38.8 Å².